The average Bonchev–Trinajstić information content (AvgIpc) is 3.33. The van der Waals surface area contributed by atoms with Crippen molar-refractivity contribution in [2.45, 2.75) is 51.0 Å². The molecule has 4 aliphatic rings. The second kappa shape index (κ2) is 5.50. The Hall–Kier alpha value is -3.07. The smallest absolute Gasteiger partial charge is 0.322 e. The molecular weight excluding hydrogens is 366 g/mol. The highest BCUT2D eigenvalue weighted by Crippen LogP contribution is 2.58. The second-order valence-electron chi connectivity index (χ2n) is 8.87. The molecule has 6 rings (SSSR count). The number of nitrogens with one attached hydrogen (secondary N) is 2. The Morgan fingerprint density at radius 1 is 1.24 bits per heavy atom. The first-order valence-corrected chi connectivity index (χ1v) is 10.2. The predicted molar refractivity (Wildman–Crippen MR) is 104 cm³/mol. The molecule has 0 bridgehead atoms. The van der Waals surface area contributed by atoms with Gasteiger partial charge in [-0.15, -0.1) is 0 Å². The summed E-state index contributed by atoms with van der Waals surface area (Å²) in [6.45, 7) is 1.92. The molecule has 1 aromatic carbocycles. The van der Waals surface area contributed by atoms with Crippen molar-refractivity contribution in [3.63, 3.8) is 0 Å². The van der Waals surface area contributed by atoms with Crippen LogP contribution in [0.1, 0.15) is 53.0 Å². The number of aryl methyl sites for hydroxylation is 2. The minimum atomic E-state index is -1.07. The van der Waals surface area contributed by atoms with Crippen LogP contribution >= 0.6 is 0 Å². The van der Waals surface area contributed by atoms with Crippen LogP contribution in [0.3, 0.4) is 0 Å². The highest BCUT2D eigenvalue weighted by atomic mass is 16.5. The number of benzene rings is 1. The van der Waals surface area contributed by atoms with E-state index >= 15 is 0 Å². The number of nitrogens with zero attached hydrogens (tertiary/aromatic N) is 1. The minimum absolute atomic E-state index is 0.258. The highest BCUT2D eigenvalue weighted by Gasteiger charge is 2.66. The lowest BCUT2D eigenvalue weighted by atomic mass is 9.61. The molecule has 3 aliphatic carbocycles. The maximum Gasteiger partial charge on any atom is 0.322 e. The number of amides is 3. The normalized spacial score (nSPS) is 29.3. The summed E-state index contributed by atoms with van der Waals surface area (Å²) in [6.07, 6.45) is 5.23. The van der Waals surface area contributed by atoms with Gasteiger partial charge in [0.2, 0.25) is 0 Å². The topological polar surface area (TPSA) is 84.2 Å². The fourth-order valence-corrected chi connectivity index (χ4v) is 5.49. The Kier molecular flexibility index (Phi) is 3.20. The highest BCUT2D eigenvalue weighted by molar-refractivity contribution is 6.09. The summed E-state index contributed by atoms with van der Waals surface area (Å²) in [5.74, 6) is 7.60. The number of carbonyl (C=O) groups is 2. The van der Waals surface area contributed by atoms with Crippen molar-refractivity contribution < 1.29 is 14.1 Å². The van der Waals surface area contributed by atoms with E-state index in [0.29, 0.717) is 12.3 Å². The van der Waals surface area contributed by atoms with Gasteiger partial charge in [-0.25, -0.2) is 4.79 Å². The summed E-state index contributed by atoms with van der Waals surface area (Å²) >= 11 is 0. The van der Waals surface area contributed by atoms with Crippen molar-refractivity contribution in [2.24, 2.45) is 11.3 Å². The van der Waals surface area contributed by atoms with Crippen LogP contribution in [0.15, 0.2) is 22.7 Å². The fraction of sp³-hybridized carbons (Fsp3) is 0.435. The van der Waals surface area contributed by atoms with Crippen LogP contribution in [-0.2, 0) is 29.6 Å². The fourth-order valence-electron chi connectivity index (χ4n) is 5.49. The van der Waals surface area contributed by atoms with E-state index < -0.39 is 17.0 Å². The van der Waals surface area contributed by atoms with Gasteiger partial charge in [0.05, 0.1) is 5.69 Å². The maximum atomic E-state index is 13.3. The van der Waals surface area contributed by atoms with Gasteiger partial charge >= 0.3 is 6.03 Å². The molecule has 1 saturated carbocycles. The third kappa shape index (κ3) is 2.21. The summed E-state index contributed by atoms with van der Waals surface area (Å²) in [7, 11) is 0. The quantitative estimate of drug-likeness (QED) is 0.537. The SMILES string of the molecule is Cc1onc2c1CC1(CC2)Cc2ccc(C#CC3CC3)cc2C12NC(=O)NC2=O. The molecular formula is C23H21N3O3. The van der Waals surface area contributed by atoms with Gasteiger partial charge in [0.1, 0.15) is 5.76 Å². The van der Waals surface area contributed by atoms with Crippen molar-refractivity contribution in [1.82, 2.24) is 15.8 Å². The Morgan fingerprint density at radius 2 is 2.10 bits per heavy atom. The largest absolute Gasteiger partial charge is 0.361 e. The molecule has 1 saturated heterocycles. The number of hydrogen-bond donors (Lipinski definition) is 2. The van der Waals surface area contributed by atoms with E-state index in [1.165, 1.54) is 12.8 Å². The van der Waals surface area contributed by atoms with Gasteiger partial charge in [-0.2, -0.15) is 0 Å². The molecule has 1 aromatic heterocycles. The van der Waals surface area contributed by atoms with Crippen LogP contribution in [0.5, 0.6) is 0 Å². The van der Waals surface area contributed by atoms with E-state index in [0.717, 1.165) is 53.0 Å². The van der Waals surface area contributed by atoms with Gasteiger partial charge in [0.25, 0.3) is 5.91 Å². The van der Waals surface area contributed by atoms with Crippen molar-refractivity contribution in [3.8, 4) is 11.8 Å². The first kappa shape index (κ1) is 16.8. The molecule has 2 spiro atoms. The lowest BCUT2D eigenvalue weighted by Gasteiger charge is -2.44. The molecule has 2 atom stereocenters. The van der Waals surface area contributed by atoms with Crippen molar-refractivity contribution in [2.75, 3.05) is 0 Å². The van der Waals surface area contributed by atoms with E-state index in [1.54, 1.807) is 0 Å². The number of imide groups is 1. The molecule has 29 heavy (non-hydrogen) atoms. The molecule has 2 heterocycles. The van der Waals surface area contributed by atoms with E-state index in [9.17, 15) is 9.59 Å². The molecule has 6 heteroatoms. The monoisotopic (exact) mass is 387 g/mol. The molecule has 2 aromatic rings. The first-order valence-electron chi connectivity index (χ1n) is 10.2. The van der Waals surface area contributed by atoms with Crippen molar-refractivity contribution in [3.05, 3.63) is 51.9 Å². The zero-order valence-electron chi connectivity index (χ0n) is 16.2. The Labute approximate surface area is 168 Å². The summed E-state index contributed by atoms with van der Waals surface area (Å²) in [5.41, 5.74) is 3.44. The summed E-state index contributed by atoms with van der Waals surface area (Å²) in [6, 6.07) is 5.70. The Morgan fingerprint density at radius 3 is 2.86 bits per heavy atom. The van der Waals surface area contributed by atoms with Gasteiger partial charge in [0.15, 0.2) is 5.54 Å². The third-order valence-electron chi connectivity index (χ3n) is 7.13. The number of carbonyl (C=O) groups excluding carboxylic acids is 2. The second-order valence-corrected chi connectivity index (χ2v) is 8.87. The molecule has 6 nitrogen and oxygen atoms in total. The van der Waals surface area contributed by atoms with E-state index in [1.807, 2.05) is 19.1 Å². The average molecular weight is 387 g/mol. The lowest BCUT2D eigenvalue weighted by Crippen LogP contribution is -2.57. The molecule has 146 valence electrons. The Balaban J connectivity index is 1.51. The molecule has 1 aliphatic heterocycles. The zero-order chi connectivity index (χ0) is 19.8. The molecule has 2 fully saturated rings. The van der Waals surface area contributed by atoms with Gasteiger partial charge in [-0.3, -0.25) is 10.1 Å². The van der Waals surface area contributed by atoms with Gasteiger partial charge in [0, 0.05) is 22.5 Å². The van der Waals surface area contributed by atoms with Crippen LogP contribution < -0.4 is 10.6 Å². The van der Waals surface area contributed by atoms with E-state index in [2.05, 4.69) is 33.7 Å². The van der Waals surface area contributed by atoms with E-state index in [4.69, 9.17) is 4.52 Å². The minimum Gasteiger partial charge on any atom is -0.361 e. The number of urea groups is 1. The molecule has 0 radical (unpaired) electrons. The molecule has 3 amide bonds. The lowest BCUT2D eigenvalue weighted by molar-refractivity contribution is -0.129. The number of rotatable bonds is 0. The van der Waals surface area contributed by atoms with Crippen molar-refractivity contribution in [1.29, 1.82) is 0 Å². The number of hydrogen-bond acceptors (Lipinski definition) is 4. The predicted octanol–water partition coefficient (Wildman–Crippen LogP) is 2.51. The molecule has 2 unspecified atom stereocenters. The number of aromatic nitrogens is 1. The molecule has 2 N–H and O–H groups in total. The summed E-state index contributed by atoms with van der Waals surface area (Å²) in [4.78, 5) is 25.6. The van der Waals surface area contributed by atoms with Gasteiger partial charge < -0.3 is 9.84 Å². The van der Waals surface area contributed by atoms with Crippen molar-refractivity contribution >= 4 is 11.9 Å². The summed E-state index contributed by atoms with van der Waals surface area (Å²) < 4.78 is 5.42. The third-order valence-corrected chi connectivity index (χ3v) is 7.13. The van der Waals surface area contributed by atoms with Crippen LogP contribution in [0.4, 0.5) is 4.79 Å². The van der Waals surface area contributed by atoms with E-state index in [-0.39, 0.29) is 5.91 Å². The maximum absolute atomic E-state index is 13.3. The van der Waals surface area contributed by atoms with Crippen LogP contribution in [0.25, 0.3) is 0 Å². The number of fused-ring (bicyclic) bond motifs is 4. The van der Waals surface area contributed by atoms with Gasteiger partial charge in [-0.05, 0) is 68.7 Å². The van der Waals surface area contributed by atoms with Crippen LogP contribution in [0, 0.1) is 30.1 Å². The van der Waals surface area contributed by atoms with Crippen LogP contribution in [0.2, 0.25) is 0 Å². The Bertz CT molecular complexity index is 1150. The van der Waals surface area contributed by atoms with Gasteiger partial charge in [-0.1, -0.05) is 23.1 Å². The standard InChI is InChI=1S/C23H21N3O3/c1-13-17-12-22(9-8-19(17)26-29-13)11-16-7-6-15(5-4-14-2-3-14)10-18(16)23(22)20(27)24-21(28)25-23/h6-7,10,14H,2-3,8-9,11-12H2,1H3,(H2,24,25,27,28). The summed E-state index contributed by atoms with van der Waals surface area (Å²) in [5, 5.41) is 9.74. The van der Waals surface area contributed by atoms with Crippen LogP contribution in [-0.4, -0.2) is 17.1 Å². The first-order chi connectivity index (χ1) is 14.0. The zero-order valence-corrected chi connectivity index (χ0v) is 16.2.